The number of piperazine rings is 1. The van der Waals surface area contributed by atoms with E-state index < -0.39 is 12.1 Å². The molecule has 36 heavy (non-hydrogen) atoms. The van der Waals surface area contributed by atoms with Crippen LogP contribution in [0.2, 0.25) is 0 Å². The zero-order valence-electron chi connectivity index (χ0n) is 19.7. The second-order valence-electron chi connectivity index (χ2n) is 8.35. The van der Waals surface area contributed by atoms with E-state index in [4.69, 9.17) is 9.84 Å². The lowest BCUT2D eigenvalue weighted by atomic mass is 10.2. The van der Waals surface area contributed by atoms with Crippen molar-refractivity contribution in [3.63, 3.8) is 0 Å². The molecule has 0 saturated carbocycles. The minimum Gasteiger partial charge on any atom is -0.478 e. The molecule has 0 bridgehead atoms. The van der Waals surface area contributed by atoms with Crippen LogP contribution in [0.4, 0.5) is 10.5 Å². The number of hydrogen-bond donors (Lipinski definition) is 2. The molecule has 0 radical (unpaired) electrons. The number of ether oxygens (including phenoxy) is 1. The number of benzene rings is 1. The van der Waals surface area contributed by atoms with Gasteiger partial charge < -0.3 is 20.1 Å². The average Bonchev–Trinajstić information content (AvgIpc) is 2.91. The van der Waals surface area contributed by atoms with Gasteiger partial charge in [-0.25, -0.2) is 14.6 Å². The van der Waals surface area contributed by atoms with E-state index in [2.05, 4.69) is 20.2 Å². The summed E-state index contributed by atoms with van der Waals surface area (Å²) in [5.74, 6) is -1.06. The first-order valence-corrected chi connectivity index (χ1v) is 11.7. The lowest BCUT2D eigenvalue weighted by Gasteiger charge is -2.33. The maximum Gasteiger partial charge on any atom is 0.416 e. The van der Waals surface area contributed by atoms with Gasteiger partial charge in [0.2, 0.25) is 5.88 Å². The molecule has 186 valence electrons. The Morgan fingerprint density at radius 2 is 1.67 bits per heavy atom. The first-order chi connectivity index (χ1) is 17.5. The van der Waals surface area contributed by atoms with E-state index in [0.717, 1.165) is 38.2 Å². The molecule has 2 amide bonds. The average molecular weight is 490 g/mol. The van der Waals surface area contributed by atoms with Crippen LogP contribution in [0.25, 0.3) is 0 Å². The standard InChI is InChI=1S/C26H27N5O5/c32-24(19-5-2-1-3-6-19)29-22-10-11-23(28-18-22)36-26(35)31-15-13-30(14-16-31)12-4-7-21-9-8-20(17-27-21)25(33)34/h1-3,5-6,8-11,17-18H,4,7,12-16H2,(H,29,32)(H,33,34). The molecule has 10 heteroatoms. The predicted molar refractivity (Wildman–Crippen MR) is 132 cm³/mol. The molecule has 4 rings (SSSR count). The first kappa shape index (κ1) is 24.8. The Morgan fingerprint density at radius 1 is 0.889 bits per heavy atom. The minimum atomic E-state index is -0.981. The Bertz CT molecular complexity index is 1180. The fourth-order valence-electron chi connectivity index (χ4n) is 3.80. The number of hydrogen-bond acceptors (Lipinski definition) is 7. The van der Waals surface area contributed by atoms with Crippen LogP contribution in [0, 0.1) is 0 Å². The van der Waals surface area contributed by atoms with Crippen molar-refractivity contribution in [3.05, 3.63) is 83.8 Å². The normalized spacial score (nSPS) is 13.7. The van der Waals surface area contributed by atoms with Crippen molar-refractivity contribution in [1.82, 2.24) is 19.8 Å². The smallest absolute Gasteiger partial charge is 0.416 e. The summed E-state index contributed by atoms with van der Waals surface area (Å²) in [7, 11) is 0. The number of aryl methyl sites for hydroxylation is 1. The highest BCUT2D eigenvalue weighted by atomic mass is 16.6. The SMILES string of the molecule is O=C(O)c1ccc(CCCN2CCN(C(=O)Oc3ccc(NC(=O)c4ccccc4)cn3)CC2)nc1. The number of aromatic nitrogens is 2. The molecule has 1 saturated heterocycles. The van der Waals surface area contributed by atoms with Crippen LogP contribution in [0.15, 0.2) is 67.0 Å². The monoisotopic (exact) mass is 489 g/mol. The third-order valence-corrected chi connectivity index (χ3v) is 5.83. The van der Waals surface area contributed by atoms with Gasteiger partial charge >= 0.3 is 12.1 Å². The lowest BCUT2D eigenvalue weighted by molar-refractivity contribution is 0.0696. The first-order valence-electron chi connectivity index (χ1n) is 11.7. The predicted octanol–water partition coefficient (Wildman–Crippen LogP) is 3.18. The molecule has 3 heterocycles. The summed E-state index contributed by atoms with van der Waals surface area (Å²) in [5.41, 5.74) is 2.09. The van der Waals surface area contributed by atoms with Gasteiger partial charge in [0.15, 0.2) is 0 Å². The molecule has 1 aliphatic heterocycles. The summed E-state index contributed by atoms with van der Waals surface area (Å²) in [6, 6.07) is 15.4. The van der Waals surface area contributed by atoms with Gasteiger partial charge in [-0.2, -0.15) is 0 Å². The number of nitrogens with one attached hydrogen (secondary N) is 1. The van der Waals surface area contributed by atoms with Gasteiger partial charge in [-0.3, -0.25) is 14.7 Å². The second-order valence-corrected chi connectivity index (χ2v) is 8.35. The summed E-state index contributed by atoms with van der Waals surface area (Å²) < 4.78 is 5.39. The molecule has 0 atom stereocenters. The summed E-state index contributed by atoms with van der Waals surface area (Å²) in [6.07, 6.45) is 4.03. The van der Waals surface area contributed by atoms with Crippen LogP contribution in [-0.2, 0) is 6.42 Å². The van der Waals surface area contributed by atoms with Crippen LogP contribution >= 0.6 is 0 Å². The number of amides is 2. The van der Waals surface area contributed by atoms with Gasteiger partial charge in [-0.1, -0.05) is 18.2 Å². The van der Waals surface area contributed by atoms with E-state index in [1.54, 1.807) is 53.4 Å². The van der Waals surface area contributed by atoms with Gasteiger partial charge in [-0.05, 0) is 49.7 Å². The van der Waals surface area contributed by atoms with E-state index in [9.17, 15) is 14.4 Å². The molecule has 1 aliphatic rings. The van der Waals surface area contributed by atoms with Crippen molar-refractivity contribution in [3.8, 4) is 5.88 Å². The molecular weight excluding hydrogens is 462 g/mol. The van der Waals surface area contributed by atoms with Crippen molar-refractivity contribution in [2.24, 2.45) is 0 Å². The van der Waals surface area contributed by atoms with Crippen LogP contribution in [-0.4, -0.2) is 75.6 Å². The highest BCUT2D eigenvalue weighted by Gasteiger charge is 2.22. The molecule has 0 unspecified atom stereocenters. The van der Waals surface area contributed by atoms with Crippen LogP contribution in [0.3, 0.4) is 0 Å². The molecule has 3 aromatic rings. The molecule has 2 aromatic heterocycles. The number of nitrogens with zero attached hydrogens (tertiary/aromatic N) is 4. The second kappa shape index (κ2) is 11.9. The number of carboxylic acids is 1. The highest BCUT2D eigenvalue weighted by molar-refractivity contribution is 6.04. The fourth-order valence-corrected chi connectivity index (χ4v) is 3.80. The molecule has 0 aliphatic carbocycles. The third-order valence-electron chi connectivity index (χ3n) is 5.83. The minimum absolute atomic E-state index is 0.168. The summed E-state index contributed by atoms with van der Waals surface area (Å²) in [6.45, 7) is 3.44. The van der Waals surface area contributed by atoms with Crippen LogP contribution in [0.1, 0.15) is 32.8 Å². The number of carboxylic acid groups (broad SMARTS) is 1. The maximum absolute atomic E-state index is 12.5. The molecule has 1 fully saturated rings. The highest BCUT2D eigenvalue weighted by Crippen LogP contribution is 2.15. The summed E-state index contributed by atoms with van der Waals surface area (Å²) in [4.78, 5) is 47.9. The molecule has 10 nitrogen and oxygen atoms in total. The van der Waals surface area contributed by atoms with Crippen LogP contribution < -0.4 is 10.1 Å². The van der Waals surface area contributed by atoms with E-state index in [1.807, 2.05) is 6.07 Å². The number of pyridine rings is 2. The third kappa shape index (κ3) is 6.86. The lowest BCUT2D eigenvalue weighted by Crippen LogP contribution is -2.49. The van der Waals surface area contributed by atoms with Crippen LogP contribution in [0.5, 0.6) is 5.88 Å². The van der Waals surface area contributed by atoms with Crippen molar-refractivity contribution in [2.45, 2.75) is 12.8 Å². The number of carbonyl (C=O) groups is 3. The zero-order chi connectivity index (χ0) is 25.3. The Kier molecular flexibility index (Phi) is 8.20. The summed E-state index contributed by atoms with van der Waals surface area (Å²) in [5, 5.41) is 11.7. The van der Waals surface area contributed by atoms with E-state index in [0.29, 0.717) is 24.3 Å². The molecule has 2 N–H and O–H groups in total. The van der Waals surface area contributed by atoms with Crippen molar-refractivity contribution < 1.29 is 24.2 Å². The topological polar surface area (TPSA) is 125 Å². The maximum atomic E-state index is 12.5. The van der Waals surface area contributed by atoms with Crippen molar-refractivity contribution >= 4 is 23.7 Å². The Hall–Kier alpha value is -4.31. The van der Waals surface area contributed by atoms with Gasteiger partial charge in [0.1, 0.15) is 0 Å². The van der Waals surface area contributed by atoms with Gasteiger partial charge in [0, 0.05) is 49.7 Å². The Labute approximate surface area is 208 Å². The molecule has 0 spiro atoms. The van der Waals surface area contributed by atoms with Gasteiger partial charge in [0.05, 0.1) is 17.4 Å². The molecular formula is C26H27N5O5. The largest absolute Gasteiger partial charge is 0.478 e. The van der Waals surface area contributed by atoms with E-state index >= 15 is 0 Å². The Balaban J connectivity index is 1.17. The van der Waals surface area contributed by atoms with Crippen molar-refractivity contribution in [2.75, 3.05) is 38.0 Å². The number of anilines is 1. The number of carbonyl (C=O) groups excluding carboxylic acids is 2. The van der Waals surface area contributed by atoms with Gasteiger partial charge in [-0.15, -0.1) is 0 Å². The van der Waals surface area contributed by atoms with E-state index in [-0.39, 0.29) is 17.4 Å². The fraction of sp³-hybridized carbons (Fsp3) is 0.269. The zero-order valence-corrected chi connectivity index (χ0v) is 19.7. The number of aromatic carboxylic acids is 1. The van der Waals surface area contributed by atoms with Gasteiger partial charge in [0.25, 0.3) is 5.91 Å². The quantitative estimate of drug-likeness (QED) is 0.494. The van der Waals surface area contributed by atoms with Crippen molar-refractivity contribution in [1.29, 1.82) is 0 Å². The summed E-state index contributed by atoms with van der Waals surface area (Å²) >= 11 is 0. The van der Waals surface area contributed by atoms with E-state index in [1.165, 1.54) is 12.4 Å². The Morgan fingerprint density at radius 3 is 2.31 bits per heavy atom. The molecule has 1 aromatic carbocycles. The number of rotatable bonds is 8.